The number of H-pyrrole nitrogens is 1. The van der Waals surface area contributed by atoms with Crippen LogP contribution < -0.4 is 0 Å². The molecule has 0 saturated carbocycles. The van der Waals surface area contributed by atoms with Crippen molar-refractivity contribution < 1.29 is 0 Å². The van der Waals surface area contributed by atoms with Gasteiger partial charge in [-0.15, -0.1) is 0 Å². The molecule has 1 N–H and O–H groups in total. The van der Waals surface area contributed by atoms with Crippen LogP contribution in [0.5, 0.6) is 0 Å². The number of piperazine rings is 1. The van der Waals surface area contributed by atoms with E-state index in [1.165, 1.54) is 5.69 Å². The molecule has 0 bridgehead atoms. The Labute approximate surface area is 125 Å². The maximum Gasteiger partial charge on any atom is 0.138 e. The third-order valence-corrected chi connectivity index (χ3v) is 4.03. The van der Waals surface area contributed by atoms with Crippen LogP contribution in [0.15, 0.2) is 12.4 Å². The second-order valence-electron chi connectivity index (χ2n) is 5.70. The zero-order chi connectivity index (χ0) is 14.7. The van der Waals surface area contributed by atoms with Gasteiger partial charge in [-0.2, -0.15) is 10.2 Å². The number of nitrogens with zero attached hydrogens (tertiary/aromatic N) is 6. The summed E-state index contributed by atoms with van der Waals surface area (Å²) in [6, 6.07) is 2.13. The monoisotopic (exact) mass is 289 g/mol. The average Bonchev–Trinajstić information content (AvgIpc) is 3.08. The Bertz CT molecular complexity index is 552. The van der Waals surface area contributed by atoms with Crippen LogP contribution in [-0.2, 0) is 13.1 Å². The number of aryl methyl sites for hydroxylation is 2. The standard InChI is InChI=1S/C14H23N7/c1-12-9-13(2)21(18-12)8-7-19-3-5-20(6-4-19)10-14-15-11-16-17-14/h9,11H,3-8,10H2,1-2H3,(H,15,16,17). The molecule has 7 heteroatoms. The highest BCUT2D eigenvalue weighted by Gasteiger charge is 2.17. The van der Waals surface area contributed by atoms with Gasteiger partial charge < -0.3 is 0 Å². The molecule has 0 amide bonds. The highest BCUT2D eigenvalue weighted by molar-refractivity contribution is 5.06. The van der Waals surface area contributed by atoms with E-state index in [1.54, 1.807) is 6.33 Å². The van der Waals surface area contributed by atoms with Gasteiger partial charge in [-0.25, -0.2) is 4.98 Å². The lowest BCUT2D eigenvalue weighted by atomic mass is 10.3. The van der Waals surface area contributed by atoms with Gasteiger partial charge in [-0.3, -0.25) is 19.6 Å². The van der Waals surface area contributed by atoms with Gasteiger partial charge in [0, 0.05) is 38.4 Å². The number of rotatable bonds is 5. The van der Waals surface area contributed by atoms with Crippen molar-refractivity contribution in [2.45, 2.75) is 26.9 Å². The van der Waals surface area contributed by atoms with Crippen molar-refractivity contribution in [1.82, 2.24) is 34.8 Å². The lowest BCUT2D eigenvalue weighted by molar-refractivity contribution is 0.121. The number of aromatic amines is 1. The summed E-state index contributed by atoms with van der Waals surface area (Å²) in [4.78, 5) is 9.11. The summed E-state index contributed by atoms with van der Waals surface area (Å²) >= 11 is 0. The van der Waals surface area contributed by atoms with Crippen LogP contribution in [0.4, 0.5) is 0 Å². The third kappa shape index (κ3) is 3.68. The number of nitrogens with one attached hydrogen (secondary N) is 1. The molecule has 2 aromatic heterocycles. The van der Waals surface area contributed by atoms with E-state index in [0.29, 0.717) is 0 Å². The maximum atomic E-state index is 4.52. The van der Waals surface area contributed by atoms with E-state index in [2.05, 4.69) is 47.8 Å². The molecule has 1 fully saturated rings. The molecular formula is C14H23N7. The lowest BCUT2D eigenvalue weighted by Gasteiger charge is -2.34. The molecule has 7 nitrogen and oxygen atoms in total. The Balaban J connectivity index is 1.42. The number of hydrogen-bond donors (Lipinski definition) is 1. The van der Waals surface area contributed by atoms with E-state index in [-0.39, 0.29) is 0 Å². The Morgan fingerprint density at radius 2 is 1.86 bits per heavy atom. The largest absolute Gasteiger partial charge is 0.299 e. The lowest BCUT2D eigenvalue weighted by Crippen LogP contribution is -2.46. The molecule has 2 aromatic rings. The zero-order valence-corrected chi connectivity index (χ0v) is 12.8. The topological polar surface area (TPSA) is 65.9 Å². The van der Waals surface area contributed by atoms with E-state index in [0.717, 1.165) is 57.3 Å². The van der Waals surface area contributed by atoms with Crippen molar-refractivity contribution in [1.29, 1.82) is 0 Å². The maximum absolute atomic E-state index is 4.52. The third-order valence-electron chi connectivity index (χ3n) is 4.03. The summed E-state index contributed by atoms with van der Waals surface area (Å²) in [7, 11) is 0. The zero-order valence-electron chi connectivity index (χ0n) is 12.8. The van der Waals surface area contributed by atoms with Gasteiger partial charge in [0.25, 0.3) is 0 Å². The second kappa shape index (κ2) is 6.36. The van der Waals surface area contributed by atoms with Crippen molar-refractivity contribution in [3.63, 3.8) is 0 Å². The molecule has 0 unspecified atom stereocenters. The molecule has 0 spiro atoms. The fourth-order valence-electron chi connectivity index (χ4n) is 2.83. The van der Waals surface area contributed by atoms with Crippen molar-refractivity contribution in [3.8, 4) is 0 Å². The molecule has 0 aliphatic carbocycles. The Kier molecular flexibility index (Phi) is 4.31. The SMILES string of the molecule is Cc1cc(C)n(CCN2CCN(Cc3ncn[nH]3)CC2)n1. The smallest absolute Gasteiger partial charge is 0.138 e. The van der Waals surface area contributed by atoms with Gasteiger partial charge in [0.05, 0.1) is 18.8 Å². The molecule has 1 aliphatic rings. The Hall–Kier alpha value is -1.73. The number of hydrogen-bond acceptors (Lipinski definition) is 5. The Morgan fingerprint density at radius 1 is 1.10 bits per heavy atom. The number of aromatic nitrogens is 5. The minimum atomic E-state index is 0.866. The van der Waals surface area contributed by atoms with Crippen LogP contribution in [-0.4, -0.2) is 67.5 Å². The predicted molar refractivity (Wildman–Crippen MR) is 79.8 cm³/mol. The minimum Gasteiger partial charge on any atom is -0.299 e. The summed E-state index contributed by atoms with van der Waals surface area (Å²) in [6.07, 6.45) is 1.57. The quantitative estimate of drug-likeness (QED) is 0.865. The molecule has 114 valence electrons. The van der Waals surface area contributed by atoms with Crippen molar-refractivity contribution >= 4 is 0 Å². The average molecular weight is 289 g/mol. The fourth-order valence-corrected chi connectivity index (χ4v) is 2.83. The van der Waals surface area contributed by atoms with E-state index in [4.69, 9.17) is 0 Å². The first kappa shape index (κ1) is 14.2. The highest BCUT2D eigenvalue weighted by Crippen LogP contribution is 2.06. The van der Waals surface area contributed by atoms with E-state index in [1.807, 2.05) is 6.92 Å². The van der Waals surface area contributed by atoms with Crippen LogP contribution in [0, 0.1) is 13.8 Å². The van der Waals surface area contributed by atoms with Crippen LogP contribution in [0.25, 0.3) is 0 Å². The van der Waals surface area contributed by atoms with E-state index in [9.17, 15) is 0 Å². The summed E-state index contributed by atoms with van der Waals surface area (Å²) in [5.41, 5.74) is 2.35. The van der Waals surface area contributed by atoms with Crippen LogP contribution in [0.3, 0.4) is 0 Å². The van der Waals surface area contributed by atoms with Gasteiger partial charge in [0.15, 0.2) is 0 Å². The van der Waals surface area contributed by atoms with Crippen LogP contribution >= 0.6 is 0 Å². The first-order chi connectivity index (χ1) is 10.2. The normalized spacial score (nSPS) is 17.4. The minimum absolute atomic E-state index is 0.866. The van der Waals surface area contributed by atoms with Gasteiger partial charge in [-0.1, -0.05) is 0 Å². The molecule has 0 atom stereocenters. The molecule has 0 aromatic carbocycles. The molecule has 1 aliphatic heterocycles. The molecular weight excluding hydrogens is 266 g/mol. The predicted octanol–water partition coefficient (Wildman–Crippen LogP) is 0.436. The first-order valence-corrected chi connectivity index (χ1v) is 7.51. The van der Waals surface area contributed by atoms with E-state index >= 15 is 0 Å². The molecule has 21 heavy (non-hydrogen) atoms. The summed E-state index contributed by atoms with van der Waals surface area (Å²) in [5, 5.41) is 11.3. The van der Waals surface area contributed by atoms with Crippen molar-refractivity contribution in [3.05, 3.63) is 29.6 Å². The van der Waals surface area contributed by atoms with Crippen LogP contribution in [0.1, 0.15) is 17.2 Å². The second-order valence-corrected chi connectivity index (χ2v) is 5.70. The molecule has 3 rings (SSSR count). The summed E-state index contributed by atoms with van der Waals surface area (Å²) < 4.78 is 2.11. The van der Waals surface area contributed by atoms with Crippen LogP contribution in [0.2, 0.25) is 0 Å². The molecule has 1 saturated heterocycles. The van der Waals surface area contributed by atoms with Gasteiger partial charge in [-0.05, 0) is 19.9 Å². The van der Waals surface area contributed by atoms with Gasteiger partial charge in [0.2, 0.25) is 0 Å². The Morgan fingerprint density at radius 3 is 2.48 bits per heavy atom. The molecule has 0 radical (unpaired) electrons. The summed E-state index contributed by atoms with van der Waals surface area (Å²) in [5.74, 6) is 0.950. The van der Waals surface area contributed by atoms with E-state index < -0.39 is 0 Å². The summed E-state index contributed by atoms with van der Waals surface area (Å²) in [6.45, 7) is 11.4. The highest BCUT2D eigenvalue weighted by atomic mass is 15.3. The molecule has 3 heterocycles. The first-order valence-electron chi connectivity index (χ1n) is 7.51. The van der Waals surface area contributed by atoms with Crippen molar-refractivity contribution in [2.75, 3.05) is 32.7 Å². The van der Waals surface area contributed by atoms with Gasteiger partial charge in [0.1, 0.15) is 12.2 Å². The van der Waals surface area contributed by atoms with Gasteiger partial charge >= 0.3 is 0 Å². The fraction of sp³-hybridized carbons (Fsp3) is 0.643. The van der Waals surface area contributed by atoms with Crippen molar-refractivity contribution in [2.24, 2.45) is 0 Å².